The van der Waals surface area contributed by atoms with E-state index >= 15 is 0 Å². The number of benzene rings is 2. The van der Waals surface area contributed by atoms with Gasteiger partial charge >= 0.3 is 5.97 Å². The predicted molar refractivity (Wildman–Crippen MR) is 108 cm³/mol. The van der Waals surface area contributed by atoms with Gasteiger partial charge in [0.2, 0.25) is 5.60 Å². The Morgan fingerprint density at radius 3 is 2.61 bits per heavy atom. The zero-order valence-corrected chi connectivity index (χ0v) is 15.8. The first-order chi connectivity index (χ1) is 13.4. The minimum atomic E-state index is -1.57. The van der Waals surface area contributed by atoms with Gasteiger partial charge in [0.25, 0.3) is 5.91 Å². The SMILES string of the molecule is Cc1ccc(NC(=O)[C@@]2(CC(=O)O)CC(/C=C/c3ccccc3)=NO2)c(C)c1. The summed E-state index contributed by atoms with van der Waals surface area (Å²) >= 11 is 0. The lowest BCUT2D eigenvalue weighted by atomic mass is 9.91. The van der Waals surface area contributed by atoms with Crippen molar-refractivity contribution in [2.75, 3.05) is 5.32 Å². The molecule has 1 heterocycles. The van der Waals surface area contributed by atoms with Gasteiger partial charge in [0.15, 0.2) is 0 Å². The highest BCUT2D eigenvalue weighted by atomic mass is 16.7. The number of carbonyl (C=O) groups excluding carboxylic acids is 1. The molecule has 0 spiro atoms. The number of carboxylic acid groups (broad SMARTS) is 1. The molecule has 0 bridgehead atoms. The molecular weight excluding hydrogens is 356 g/mol. The minimum Gasteiger partial charge on any atom is -0.481 e. The molecule has 1 atom stereocenters. The van der Waals surface area contributed by atoms with Crippen LogP contribution in [0.15, 0.2) is 59.8 Å². The lowest BCUT2D eigenvalue weighted by Crippen LogP contribution is -2.45. The smallest absolute Gasteiger partial charge is 0.308 e. The molecule has 28 heavy (non-hydrogen) atoms. The van der Waals surface area contributed by atoms with Crippen molar-refractivity contribution in [1.29, 1.82) is 0 Å². The summed E-state index contributed by atoms with van der Waals surface area (Å²) in [6.07, 6.45) is 3.19. The maximum atomic E-state index is 12.9. The fourth-order valence-electron chi connectivity index (χ4n) is 3.08. The Bertz CT molecular complexity index is 950. The highest BCUT2D eigenvalue weighted by molar-refractivity contribution is 6.08. The third-order valence-corrected chi connectivity index (χ3v) is 4.55. The van der Waals surface area contributed by atoms with Crippen molar-refractivity contribution < 1.29 is 19.5 Å². The largest absolute Gasteiger partial charge is 0.481 e. The zero-order valence-electron chi connectivity index (χ0n) is 15.8. The fourth-order valence-corrected chi connectivity index (χ4v) is 3.08. The summed E-state index contributed by atoms with van der Waals surface area (Å²) in [7, 11) is 0. The molecular formula is C22H22N2O4. The number of hydrogen-bond acceptors (Lipinski definition) is 4. The lowest BCUT2D eigenvalue weighted by Gasteiger charge is -2.24. The first-order valence-electron chi connectivity index (χ1n) is 8.97. The van der Waals surface area contributed by atoms with Crippen LogP contribution < -0.4 is 5.32 Å². The van der Waals surface area contributed by atoms with E-state index in [2.05, 4.69) is 10.5 Å². The van der Waals surface area contributed by atoms with Crippen LogP contribution in [0, 0.1) is 13.8 Å². The maximum Gasteiger partial charge on any atom is 0.308 e. The second kappa shape index (κ2) is 8.08. The number of oxime groups is 1. The van der Waals surface area contributed by atoms with E-state index in [1.54, 1.807) is 12.1 Å². The second-order valence-electron chi connectivity index (χ2n) is 6.93. The summed E-state index contributed by atoms with van der Waals surface area (Å²) in [6.45, 7) is 3.84. The second-order valence-corrected chi connectivity index (χ2v) is 6.93. The van der Waals surface area contributed by atoms with E-state index in [-0.39, 0.29) is 6.42 Å². The first-order valence-corrected chi connectivity index (χ1v) is 8.97. The molecule has 0 saturated heterocycles. The average Bonchev–Trinajstić information content (AvgIpc) is 3.07. The van der Waals surface area contributed by atoms with Gasteiger partial charge in [-0.05, 0) is 37.1 Å². The van der Waals surface area contributed by atoms with Crippen molar-refractivity contribution in [2.45, 2.75) is 32.3 Å². The van der Waals surface area contributed by atoms with E-state index in [0.717, 1.165) is 16.7 Å². The Morgan fingerprint density at radius 2 is 1.93 bits per heavy atom. The standard InChI is InChI=1S/C22H22N2O4/c1-15-8-11-19(16(2)12-15)23-21(27)22(14-20(25)26)13-18(24-28-22)10-9-17-6-4-3-5-7-17/h3-12H,13-14H2,1-2H3,(H,23,27)(H,25,26)/b10-9+/t22-/m0/s1. The molecule has 0 aromatic heterocycles. The number of hydrogen-bond donors (Lipinski definition) is 2. The molecule has 0 saturated carbocycles. The summed E-state index contributed by atoms with van der Waals surface area (Å²) in [5.41, 5.74) is 2.50. The van der Waals surface area contributed by atoms with Crippen LogP contribution >= 0.6 is 0 Å². The highest BCUT2D eigenvalue weighted by Crippen LogP contribution is 2.31. The van der Waals surface area contributed by atoms with Crippen molar-refractivity contribution in [3.05, 3.63) is 71.3 Å². The molecule has 2 aromatic rings. The normalized spacial score (nSPS) is 18.6. The van der Waals surface area contributed by atoms with Crippen LogP contribution in [0.4, 0.5) is 5.69 Å². The monoisotopic (exact) mass is 378 g/mol. The van der Waals surface area contributed by atoms with Crippen LogP contribution in [-0.2, 0) is 14.4 Å². The molecule has 0 radical (unpaired) electrons. The molecule has 2 aromatic carbocycles. The van der Waals surface area contributed by atoms with Crippen LogP contribution in [0.3, 0.4) is 0 Å². The number of rotatable bonds is 6. The number of allylic oxidation sites excluding steroid dienone is 1. The lowest BCUT2D eigenvalue weighted by molar-refractivity contribution is -0.152. The van der Waals surface area contributed by atoms with Gasteiger partial charge in [0.05, 0.1) is 12.1 Å². The van der Waals surface area contributed by atoms with E-state index in [9.17, 15) is 14.7 Å². The van der Waals surface area contributed by atoms with Gasteiger partial charge in [-0.2, -0.15) is 0 Å². The summed E-state index contributed by atoms with van der Waals surface area (Å²) in [5, 5.41) is 16.1. The maximum absolute atomic E-state index is 12.9. The van der Waals surface area contributed by atoms with Crippen molar-refractivity contribution in [3.63, 3.8) is 0 Å². The van der Waals surface area contributed by atoms with Gasteiger partial charge in [-0.15, -0.1) is 0 Å². The molecule has 0 aliphatic carbocycles. The van der Waals surface area contributed by atoms with Crippen LogP contribution in [0.2, 0.25) is 0 Å². The summed E-state index contributed by atoms with van der Waals surface area (Å²) in [6, 6.07) is 15.2. The van der Waals surface area contributed by atoms with Crippen LogP contribution in [0.5, 0.6) is 0 Å². The molecule has 6 heteroatoms. The number of nitrogens with zero attached hydrogens (tertiary/aromatic N) is 1. The number of aryl methyl sites for hydroxylation is 2. The number of carbonyl (C=O) groups is 2. The first kappa shape index (κ1) is 19.4. The van der Waals surface area contributed by atoms with Gasteiger partial charge in [-0.1, -0.05) is 59.3 Å². The van der Waals surface area contributed by atoms with E-state index in [0.29, 0.717) is 11.4 Å². The van der Waals surface area contributed by atoms with E-state index < -0.39 is 23.9 Å². The highest BCUT2D eigenvalue weighted by Gasteiger charge is 2.48. The van der Waals surface area contributed by atoms with Gasteiger partial charge in [-0.3, -0.25) is 9.59 Å². The molecule has 3 rings (SSSR count). The molecule has 1 amide bonds. The Kier molecular flexibility index (Phi) is 5.59. The number of carboxylic acids is 1. The van der Waals surface area contributed by atoms with Crippen LogP contribution in [0.25, 0.3) is 6.08 Å². The minimum absolute atomic E-state index is 0.0827. The van der Waals surface area contributed by atoms with Gasteiger partial charge in [0, 0.05) is 12.1 Å². The Balaban J connectivity index is 1.77. The van der Waals surface area contributed by atoms with Crippen molar-refractivity contribution >= 4 is 29.4 Å². The van der Waals surface area contributed by atoms with Gasteiger partial charge in [0.1, 0.15) is 0 Å². The van der Waals surface area contributed by atoms with Gasteiger partial charge in [-0.25, -0.2) is 0 Å². The summed E-state index contributed by atoms with van der Waals surface area (Å²) in [5.74, 6) is -1.65. The average molecular weight is 378 g/mol. The predicted octanol–water partition coefficient (Wildman–Crippen LogP) is 3.95. The summed E-state index contributed by atoms with van der Waals surface area (Å²) < 4.78 is 0. The number of nitrogens with one attached hydrogen (secondary N) is 1. The van der Waals surface area contributed by atoms with Crippen molar-refractivity contribution in [2.24, 2.45) is 5.16 Å². The molecule has 144 valence electrons. The fraction of sp³-hybridized carbons (Fsp3) is 0.227. The quantitative estimate of drug-likeness (QED) is 0.797. The molecule has 1 aliphatic heterocycles. The number of aliphatic carboxylic acids is 1. The molecule has 2 N–H and O–H groups in total. The Hall–Kier alpha value is -3.41. The topological polar surface area (TPSA) is 88.0 Å². The third-order valence-electron chi connectivity index (χ3n) is 4.55. The van der Waals surface area contributed by atoms with Crippen LogP contribution in [0.1, 0.15) is 29.5 Å². The van der Waals surface area contributed by atoms with Crippen molar-refractivity contribution in [1.82, 2.24) is 0 Å². The van der Waals surface area contributed by atoms with E-state index in [1.807, 2.05) is 62.4 Å². The van der Waals surface area contributed by atoms with Crippen LogP contribution in [-0.4, -0.2) is 28.3 Å². The Labute approximate surface area is 163 Å². The van der Waals surface area contributed by atoms with E-state index in [1.165, 1.54) is 0 Å². The molecule has 1 aliphatic rings. The van der Waals surface area contributed by atoms with E-state index in [4.69, 9.17) is 4.84 Å². The van der Waals surface area contributed by atoms with Gasteiger partial charge < -0.3 is 15.3 Å². The Morgan fingerprint density at radius 1 is 1.18 bits per heavy atom. The molecule has 0 fully saturated rings. The summed E-state index contributed by atoms with van der Waals surface area (Å²) in [4.78, 5) is 29.7. The van der Waals surface area contributed by atoms with Crippen molar-refractivity contribution in [3.8, 4) is 0 Å². The third kappa shape index (κ3) is 4.46. The molecule has 6 nitrogen and oxygen atoms in total. The number of amides is 1. The number of anilines is 1. The zero-order chi connectivity index (χ0) is 20.1. The molecule has 0 unspecified atom stereocenters.